The third kappa shape index (κ3) is 3.52. The number of carbonyl (C=O) groups excluding carboxylic acids is 1. The second-order valence-electron chi connectivity index (χ2n) is 3.79. The van der Waals surface area contributed by atoms with Crippen molar-refractivity contribution in [3.63, 3.8) is 0 Å². The highest BCUT2D eigenvalue weighted by atomic mass is 79.9. The second kappa shape index (κ2) is 6.43. The molecule has 0 atom stereocenters. The molecule has 2 aromatic rings. The summed E-state index contributed by atoms with van der Waals surface area (Å²) in [6, 6.07) is 5.07. The van der Waals surface area contributed by atoms with E-state index in [-0.39, 0.29) is 22.3 Å². The van der Waals surface area contributed by atoms with Crippen LogP contribution >= 0.6 is 59.4 Å². The maximum Gasteiger partial charge on any atom is 0.257 e. The van der Waals surface area contributed by atoms with Crippen molar-refractivity contribution in [3.05, 3.63) is 48.4 Å². The van der Waals surface area contributed by atoms with Gasteiger partial charge >= 0.3 is 0 Å². The van der Waals surface area contributed by atoms with E-state index in [1.807, 2.05) is 12.1 Å². The molecule has 2 rings (SSSR count). The topological polar surface area (TPSA) is 68.0 Å². The molecule has 0 fully saturated rings. The van der Waals surface area contributed by atoms with Crippen molar-refractivity contribution in [2.24, 2.45) is 0 Å². The number of rotatable bonds is 2. The van der Waals surface area contributed by atoms with E-state index in [0.717, 1.165) is 13.4 Å². The summed E-state index contributed by atoms with van der Waals surface area (Å²) in [6.07, 6.45) is 1.34. The van der Waals surface area contributed by atoms with Gasteiger partial charge in [-0.25, -0.2) is 4.98 Å². The monoisotopic (exact) mass is 481 g/mol. The summed E-state index contributed by atoms with van der Waals surface area (Å²) in [5.74, 6) is -0.138. The third-order valence-corrected chi connectivity index (χ3v) is 4.38. The maximum absolute atomic E-state index is 12.2. The van der Waals surface area contributed by atoms with Crippen LogP contribution in [0.5, 0.6) is 0 Å². The number of nitrogens with two attached hydrogens (primary N) is 1. The number of nitrogens with zero attached hydrogens (tertiary/aromatic N) is 1. The first-order chi connectivity index (χ1) is 9.38. The zero-order chi connectivity index (χ0) is 14.9. The molecular formula is C12H7Br3ClN3O. The highest BCUT2D eigenvalue weighted by Crippen LogP contribution is 2.35. The number of amides is 1. The van der Waals surface area contributed by atoms with Crippen LogP contribution in [0.15, 0.2) is 37.8 Å². The van der Waals surface area contributed by atoms with Gasteiger partial charge in [-0.2, -0.15) is 0 Å². The number of pyridine rings is 1. The lowest BCUT2D eigenvalue weighted by Crippen LogP contribution is -2.14. The molecule has 0 bridgehead atoms. The second-order valence-corrected chi connectivity index (χ2v) is 6.82. The van der Waals surface area contributed by atoms with Gasteiger partial charge in [0.2, 0.25) is 0 Å². The predicted molar refractivity (Wildman–Crippen MR) is 91.2 cm³/mol. The van der Waals surface area contributed by atoms with Crippen molar-refractivity contribution in [2.45, 2.75) is 0 Å². The molecule has 0 aliphatic carbocycles. The summed E-state index contributed by atoms with van der Waals surface area (Å²) < 4.78 is 2.33. The molecule has 1 aromatic carbocycles. The van der Waals surface area contributed by atoms with Crippen molar-refractivity contribution in [2.75, 3.05) is 11.1 Å². The minimum Gasteiger partial charge on any atom is -0.384 e. The van der Waals surface area contributed by atoms with Crippen LogP contribution in [0.3, 0.4) is 0 Å². The molecule has 0 aliphatic heterocycles. The Bertz CT molecular complexity index is 671. The fourth-order valence-electron chi connectivity index (χ4n) is 1.47. The van der Waals surface area contributed by atoms with Crippen LogP contribution in [-0.4, -0.2) is 10.9 Å². The predicted octanol–water partition coefficient (Wildman–Crippen LogP) is 4.86. The maximum atomic E-state index is 12.2. The fourth-order valence-corrected chi connectivity index (χ4v) is 4.12. The van der Waals surface area contributed by atoms with E-state index >= 15 is 0 Å². The normalized spacial score (nSPS) is 10.4. The average molecular weight is 484 g/mol. The lowest BCUT2D eigenvalue weighted by atomic mass is 10.2. The molecular weight excluding hydrogens is 477 g/mol. The van der Waals surface area contributed by atoms with Crippen molar-refractivity contribution < 1.29 is 4.79 Å². The number of halogens is 4. The Hall–Kier alpha value is -0.630. The molecule has 1 heterocycles. The average Bonchev–Trinajstić information content (AvgIpc) is 2.36. The van der Waals surface area contributed by atoms with Crippen LogP contribution < -0.4 is 11.1 Å². The van der Waals surface area contributed by atoms with Gasteiger partial charge in [0.1, 0.15) is 5.82 Å². The number of benzene rings is 1. The number of aromatic nitrogens is 1. The fraction of sp³-hybridized carbons (Fsp3) is 0. The minimum absolute atomic E-state index is 0.230. The first kappa shape index (κ1) is 15.8. The molecule has 4 nitrogen and oxygen atoms in total. The molecule has 0 spiro atoms. The van der Waals surface area contributed by atoms with Crippen LogP contribution in [0.2, 0.25) is 5.02 Å². The van der Waals surface area contributed by atoms with E-state index in [4.69, 9.17) is 17.3 Å². The first-order valence-corrected chi connectivity index (χ1v) is 8.01. The van der Waals surface area contributed by atoms with Gasteiger partial charge in [-0.15, -0.1) is 0 Å². The van der Waals surface area contributed by atoms with E-state index in [1.165, 1.54) is 12.3 Å². The van der Waals surface area contributed by atoms with E-state index in [0.29, 0.717) is 5.69 Å². The lowest BCUT2D eigenvalue weighted by Gasteiger charge is -2.11. The SMILES string of the molecule is Nc1cc(C(=O)Nc2c(Br)cc(Br)cc2Br)c(Cl)cn1. The molecule has 0 saturated carbocycles. The summed E-state index contributed by atoms with van der Waals surface area (Å²) in [6.45, 7) is 0. The summed E-state index contributed by atoms with van der Waals surface area (Å²) in [7, 11) is 0. The number of hydrogen-bond acceptors (Lipinski definition) is 3. The Morgan fingerprint density at radius 1 is 1.20 bits per heavy atom. The lowest BCUT2D eigenvalue weighted by molar-refractivity contribution is 0.102. The molecule has 0 unspecified atom stereocenters. The van der Waals surface area contributed by atoms with Gasteiger partial charge in [-0.1, -0.05) is 27.5 Å². The molecule has 104 valence electrons. The van der Waals surface area contributed by atoms with E-state index in [2.05, 4.69) is 58.1 Å². The largest absolute Gasteiger partial charge is 0.384 e. The molecule has 0 aliphatic rings. The van der Waals surface area contributed by atoms with Gasteiger partial charge in [-0.3, -0.25) is 4.79 Å². The van der Waals surface area contributed by atoms with Gasteiger partial charge in [0.05, 0.1) is 16.3 Å². The molecule has 1 aromatic heterocycles. The van der Waals surface area contributed by atoms with Gasteiger partial charge in [0, 0.05) is 19.6 Å². The molecule has 20 heavy (non-hydrogen) atoms. The minimum atomic E-state index is -0.368. The number of hydrogen-bond donors (Lipinski definition) is 2. The Balaban J connectivity index is 2.35. The summed E-state index contributed by atoms with van der Waals surface area (Å²) >= 11 is 16.1. The Morgan fingerprint density at radius 3 is 2.40 bits per heavy atom. The number of nitrogens with one attached hydrogen (secondary N) is 1. The third-order valence-electron chi connectivity index (χ3n) is 2.37. The summed E-state index contributed by atoms with van der Waals surface area (Å²) in [5, 5.41) is 3.01. The highest BCUT2D eigenvalue weighted by Gasteiger charge is 2.15. The quantitative estimate of drug-likeness (QED) is 0.640. The van der Waals surface area contributed by atoms with Crippen molar-refractivity contribution in [1.29, 1.82) is 0 Å². The molecule has 3 N–H and O–H groups in total. The van der Waals surface area contributed by atoms with E-state index < -0.39 is 0 Å². The zero-order valence-corrected chi connectivity index (χ0v) is 15.3. The standard InChI is InChI=1S/C12H7Br3ClN3O/c13-5-1-7(14)11(8(15)2-5)19-12(20)6-3-10(17)18-4-9(6)16/h1-4H,(H2,17,18)(H,19,20). The van der Waals surface area contributed by atoms with E-state index in [1.54, 1.807) is 0 Å². The number of nitrogen functional groups attached to an aromatic ring is 1. The molecule has 0 saturated heterocycles. The van der Waals surface area contributed by atoms with Crippen molar-refractivity contribution >= 4 is 76.8 Å². The number of carbonyl (C=O) groups is 1. The highest BCUT2D eigenvalue weighted by molar-refractivity contribution is 9.11. The van der Waals surface area contributed by atoms with Gasteiger partial charge in [0.15, 0.2) is 0 Å². The smallest absolute Gasteiger partial charge is 0.257 e. The van der Waals surface area contributed by atoms with Crippen LogP contribution in [0, 0.1) is 0 Å². The molecule has 1 amide bonds. The first-order valence-electron chi connectivity index (χ1n) is 5.25. The van der Waals surface area contributed by atoms with E-state index in [9.17, 15) is 4.79 Å². The Kier molecular flexibility index (Phi) is 5.06. The van der Waals surface area contributed by atoms with Crippen LogP contribution in [0.1, 0.15) is 10.4 Å². The van der Waals surface area contributed by atoms with Crippen molar-refractivity contribution in [3.8, 4) is 0 Å². The van der Waals surface area contributed by atoms with Crippen LogP contribution in [0.25, 0.3) is 0 Å². The molecule has 0 radical (unpaired) electrons. The van der Waals surface area contributed by atoms with Crippen molar-refractivity contribution in [1.82, 2.24) is 4.98 Å². The number of anilines is 2. The zero-order valence-electron chi connectivity index (χ0n) is 9.75. The van der Waals surface area contributed by atoms with Gasteiger partial charge < -0.3 is 11.1 Å². The van der Waals surface area contributed by atoms with Crippen LogP contribution in [0.4, 0.5) is 11.5 Å². The van der Waals surface area contributed by atoms with Gasteiger partial charge in [0.25, 0.3) is 5.91 Å². The van der Waals surface area contributed by atoms with Gasteiger partial charge in [-0.05, 0) is 50.1 Å². The molecule has 8 heteroatoms. The Labute approximate surface area is 145 Å². The van der Waals surface area contributed by atoms with Crippen LogP contribution in [-0.2, 0) is 0 Å². The summed E-state index contributed by atoms with van der Waals surface area (Å²) in [4.78, 5) is 16.1. The Morgan fingerprint density at radius 2 is 1.80 bits per heavy atom. The summed E-state index contributed by atoms with van der Waals surface area (Å²) in [5.41, 5.74) is 6.43.